The van der Waals surface area contributed by atoms with Crippen molar-refractivity contribution in [2.45, 2.75) is 19.8 Å². The molecule has 0 unspecified atom stereocenters. The molecule has 0 heterocycles. The molecular weight excluding hydrogens is 397 g/mol. The molecule has 0 radical (unpaired) electrons. The minimum atomic E-state index is 0. The Morgan fingerprint density at radius 2 is 1.35 bits per heavy atom. The van der Waals surface area contributed by atoms with E-state index in [4.69, 9.17) is 0 Å². The second-order valence-corrected chi connectivity index (χ2v) is 5.40. The number of guanidine groups is 1. The standard InChI is InChI=1S/C19H25N3.HI/c1-16-8-10-18(11-9-16)13-15-22-19(20-2)21-14-12-17-6-4-3-5-7-17;/h3-11H,12-15H2,1-2H3,(H2,20,21,22);1H. The summed E-state index contributed by atoms with van der Waals surface area (Å²) in [6.45, 7) is 3.88. The predicted molar refractivity (Wildman–Crippen MR) is 110 cm³/mol. The van der Waals surface area contributed by atoms with Gasteiger partial charge in [0, 0.05) is 20.1 Å². The van der Waals surface area contributed by atoms with Crippen LogP contribution in [0.5, 0.6) is 0 Å². The molecule has 124 valence electrons. The smallest absolute Gasteiger partial charge is 0.190 e. The number of hydrogen-bond donors (Lipinski definition) is 2. The Labute approximate surface area is 156 Å². The van der Waals surface area contributed by atoms with E-state index >= 15 is 0 Å². The maximum absolute atomic E-state index is 4.26. The average molecular weight is 423 g/mol. The number of hydrogen-bond acceptors (Lipinski definition) is 1. The summed E-state index contributed by atoms with van der Waals surface area (Å²) in [5.41, 5.74) is 3.98. The Balaban J connectivity index is 0.00000264. The first kappa shape index (κ1) is 19.5. The van der Waals surface area contributed by atoms with E-state index in [1.807, 2.05) is 13.1 Å². The normalized spacial score (nSPS) is 10.8. The molecule has 0 spiro atoms. The van der Waals surface area contributed by atoms with Gasteiger partial charge < -0.3 is 10.6 Å². The first-order valence-corrected chi connectivity index (χ1v) is 7.82. The molecule has 2 rings (SSSR count). The molecule has 0 aromatic heterocycles. The molecule has 2 aromatic carbocycles. The van der Waals surface area contributed by atoms with Crippen molar-refractivity contribution < 1.29 is 0 Å². The highest BCUT2D eigenvalue weighted by Gasteiger charge is 1.98. The molecule has 3 nitrogen and oxygen atoms in total. The Morgan fingerprint density at radius 1 is 0.826 bits per heavy atom. The van der Waals surface area contributed by atoms with Crippen LogP contribution in [0.4, 0.5) is 0 Å². The second kappa shape index (κ2) is 11.0. The molecular formula is C19H26IN3. The molecule has 0 amide bonds. The zero-order valence-electron chi connectivity index (χ0n) is 13.9. The van der Waals surface area contributed by atoms with Crippen LogP contribution < -0.4 is 10.6 Å². The number of aryl methyl sites for hydroxylation is 1. The van der Waals surface area contributed by atoms with E-state index in [1.54, 1.807) is 0 Å². The third-order valence-electron chi connectivity index (χ3n) is 3.60. The van der Waals surface area contributed by atoms with E-state index in [-0.39, 0.29) is 24.0 Å². The number of nitrogens with one attached hydrogen (secondary N) is 2. The highest BCUT2D eigenvalue weighted by atomic mass is 127. The summed E-state index contributed by atoms with van der Waals surface area (Å²) in [5, 5.41) is 6.71. The molecule has 0 saturated heterocycles. The van der Waals surface area contributed by atoms with Gasteiger partial charge in [-0.15, -0.1) is 24.0 Å². The zero-order valence-corrected chi connectivity index (χ0v) is 16.2. The van der Waals surface area contributed by atoms with Crippen LogP contribution in [0.2, 0.25) is 0 Å². The van der Waals surface area contributed by atoms with E-state index in [0.29, 0.717) is 0 Å². The van der Waals surface area contributed by atoms with Crippen LogP contribution in [0.25, 0.3) is 0 Å². The van der Waals surface area contributed by atoms with Crippen molar-refractivity contribution in [3.8, 4) is 0 Å². The molecule has 4 heteroatoms. The van der Waals surface area contributed by atoms with Gasteiger partial charge in [-0.25, -0.2) is 0 Å². The molecule has 0 saturated carbocycles. The molecule has 0 atom stereocenters. The lowest BCUT2D eigenvalue weighted by molar-refractivity contribution is 0.784. The molecule has 23 heavy (non-hydrogen) atoms. The van der Waals surface area contributed by atoms with E-state index in [0.717, 1.165) is 31.9 Å². The van der Waals surface area contributed by atoms with Crippen LogP contribution in [-0.2, 0) is 12.8 Å². The van der Waals surface area contributed by atoms with Gasteiger partial charge in [-0.05, 0) is 30.9 Å². The van der Waals surface area contributed by atoms with Gasteiger partial charge in [0.1, 0.15) is 0 Å². The fraction of sp³-hybridized carbons (Fsp3) is 0.316. The van der Waals surface area contributed by atoms with Gasteiger partial charge in [0.25, 0.3) is 0 Å². The van der Waals surface area contributed by atoms with Crippen molar-refractivity contribution in [1.29, 1.82) is 0 Å². The molecule has 0 aliphatic heterocycles. The SMILES string of the molecule is CN=C(NCCc1ccccc1)NCCc1ccc(C)cc1.I. The first-order chi connectivity index (χ1) is 10.8. The molecule has 2 aromatic rings. The van der Waals surface area contributed by atoms with Gasteiger partial charge in [0.05, 0.1) is 0 Å². The van der Waals surface area contributed by atoms with Gasteiger partial charge >= 0.3 is 0 Å². The summed E-state index contributed by atoms with van der Waals surface area (Å²) in [7, 11) is 1.81. The Kier molecular flexibility index (Phi) is 9.36. The van der Waals surface area contributed by atoms with Gasteiger partial charge in [-0.1, -0.05) is 60.2 Å². The Hall–Kier alpha value is -1.56. The van der Waals surface area contributed by atoms with Gasteiger partial charge in [0.2, 0.25) is 0 Å². The maximum Gasteiger partial charge on any atom is 0.190 e. The lowest BCUT2D eigenvalue weighted by atomic mass is 10.1. The molecule has 0 fully saturated rings. The van der Waals surface area contributed by atoms with E-state index in [1.165, 1.54) is 16.7 Å². The first-order valence-electron chi connectivity index (χ1n) is 7.82. The van der Waals surface area contributed by atoms with Crippen LogP contribution >= 0.6 is 24.0 Å². The summed E-state index contributed by atoms with van der Waals surface area (Å²) in [6, 6.07) is 19.2. The minimum Gasteiger partial charge on any atom is -0.356 e. The minimum absolute atomic E-state index is 0. The van der Waals surface area contributed by atoms with Gasteiger partial charge in [-0.3, -0.25) is 4.99 Å². The molecule has 0 bridgehead atoms. The number of benzene rings is 2. The van der Waals surface area contributed by atoms with Crippen molar-refractivity contribution >= 4 is 29.9 Å². The van der Waals surface area contributed by atoms with Crippen molar-refractivity contribution in [2.24, 2.45) is 4.99 Å². The molecule has 2 N–H and O–H groups in total. The van der Waals surface area contributed by atoms with Crippen LogP contribution in [0.3, 0.4) is 0 Å². The third kappa shape index (κ3) is 7.50. The van der Waals surface area contributed by atoms with Crippen molar-refractivity contribution in [1.82, 2.24) is 10.6 Å². The van der Waals surface area contributed by atoms with Crippen LogP contribution in [0.1, 0.15) is 16.7 Å². The summed E-state index contributed by atoms with van der Waals surface area (Å²) < 4.78 is 0. The van der Waals surface area contributed by atoms with Crippen LogP contribution in [0.15, 0.2) is 59.6 Å². The fourth-order valence-electron chi connectivity index (χ4n) is 2.27. The Morgan fingerprint density at radius 3 is 1.87 bits per heavy atom. The topological polar surface area (TPSA) is 36.4 Å². The summed E-state index contributed by atoms with van der Waals surface area (Å²) in [5.74, 6) is 0.864. The fourth-order valence-corrected chi connectivity index (χ4v) is 2.27. The zero-order chi connectivity index (χ0) is 15.6. The molecule has 0 aliphatic carbocycles. The number of rotatable bonds is 6. The summed E-state index contributed by atoms with van der Waals surface area (Å²) in [6.07, 6.45) is 2.00. The quantitative estimate of drug-likeness (QED) is 0.424. The maximum atomic E-state index is 4.26. The van der Waals surface area contributed by atoms with Gasteiger partial charge in [-0.2, -0.15) is 0 Å². The predicted octanol–water partition coefficient (Wildman–Crippen LogP) is 3.56. The van der Waals surface area contributed by atoms with Gasteiger partial charge in [0.15, 0.2) is 5.96 Å². The lowest BCUT2D eigenvalue weighted by Gasteiger charge is -2.12. The lowest BCUT2D eigenvalue weighted by Crippen LogP contribution is -2.39. The van der Waals surface area contributed by atoms with Crippen molar-refractivity contribution in [2.75, 3.05) is 20.1 Å². The van der Waals surface area contributed by atoms with E-state index in [9.17, 15) is 0 Å². The van der Waals surface area contributed by atoms with E-state index in [2.05, 4.69) is 71.1 Å². The number of nitrogens with zero attached hydrogens (tertiary/aromatic N) is 1. The van der Waals surface area contributed by atoms with Crippen LogP contribution in [0, 0.1) is 6.92 Å². The summed E-state index contributed by atoms with van der Waals surface area (Å²) >= 11 is 0. The van der Waals surface area contributed by atoms with Crippen molar-refractivity contribution in [3.05, 3.63) is 71.3 Å². The van der Waals surface area contributed by atoms with Crippen LogP contribution in [-0.4, -0.2) is 26.1 Å². The monoisotopic (exact) mass is 423 g/mol. The van der Waals surface area contributed by atoms with Crippen molar-refractivity contribution in [3.63, 3.8) is 0 Å². The average Bonchev–Trinajstić information content (AvgIpc) is 2.56. The largest absolute Gasteiger partial charge is 0.356 e. The third-order valence-corrected chi connectivity index (χ3v) is 3.60. The number of halogens is 1. The molecule has 0 aliphatic rings. The summed E-state index contributed by atoms with van der Waals surface area (Å²) in [4.78, 5) is 4.26. The highest BCUT2D eigenvalue weighted by molar-refractivity contribution is 14.0. The van der Waals surface area contributed by atoms with E-state index < -0.39 is 0 Å². The highest BCUT2D eigenvalue weighted by Crippen LogP contribution is 2.03. The second-order valence-electron chi connectivity index (χ2n) is 5.40. The number of aliphatic imine (C=N–C) groups is 1. The Bertz CT molecular complexity index is 579.